The Hall–Kier alpha value is -2.61. The van der Waals surface area contributed by atoms with E-state index in [0.717, 1.165) is 30.0 Å². The van der Waals surface area contributed by atoms with Gasteiger partial charge in [-0.3, -0.25) is 4.98 Å². The lowest BCUT2D eigenvalue weighted by molar-refractivity contribution is 0.304. The van der Waals surface area contributed by atoms with Crippen LogP contribution in [0.1, 0.15) is 83.6 Å². The van der Waals surface area contributed by atoms with E-state index in [4.69, 9.17) is 9.72 Å². The van der Waals surface area contributed by atoms with Crippen LogP contribution in [-0.4, -0.2) is 11.6 Å². The maximum absolute atomic E-state index is 5.89. The molecule has 0 aliphatic heterocycles. The van der Waals surface area contributed by atoms with Crippen LogP contribution < -0.4 is 4.74 Å². The quantitative estimate of drug-likeness (QED) is 0.218. The summed E-state index contributed by atoms with van der Waals surface area (Å²) in [7, 11) is 0. The van der Waals surface area contributed by atoms with Gasteiger partial charge in [0.1, 0.15) is 5.75 Å². The van der Waals surface area contributed by atoms with Crippen molar-refractivity contribution in [2.75, 3.05) is 6.61 Å². The number of rotatable bonds is 15. The molecule has 2 heteroatoms. The van der Waals surface area contributed by atoms with Gasteiger partial charge in [-0.05, 0) is 48.6 Å². The Balaban J connectivity index is 1.48. The molecule has 0 aliphatic rings. The fraction of sp³-hybridized carbons (Fsp3) is 0.452. The third-order valence-electron chi connectivity index (χ3n) is 6.29. The van der Waals surface area contributed by atoms with E-state index in [-0.39, 0.29) is 0 Å². The molecule has 1 aromatic heterocycles. The van der Waals surface area contributed by atoms with Crippen LogP contribution in [0.25, 0.3) is 22.4 Å². The second-order valence-electron chi connectivity index (χ2n) is 9.08. The van der Waals surface area contributed by atoms with Crippen LogP contribution in [0.4, 0.5) is 0 Å². The number of pyridine rings is 1. The number of nitrogens with zero attached hydrogens (tertiary/aromatic N) is 1. The van der Waals surface area contributed by atoms with Crippen molar-refractivity contribution in [2.45, 2.75) is 84.5 Å². The Morgan fingerprint density at radius 3 is 1.82 bits per heavy atom. The standard InChI is InChI=1S/C31H41NO/c1-3-5-7-9-11-13-26-14-16-28(17-15-26)31-23-20-29(25-32-31)27-18-21-30(22-19-27)33-24-12-10-8-6-4-2/h14-23,25H,3-13,24H2,1-2H3. The molecule has 3 rings (SSSR count). The second-order valence-corrected chi connectivity index (χ2v) is 9.08. The van der Waals surface area contributed by atoms with E-state index in [1.165, 1.54) is 80.9 Å². The monoisotopic (exact) mass is 443 g/mol. The van der Waals surface area contributed by atoms with E-state index in [1.807, 2.05) is 6.20 Å². The molecule has 0 saturated carbocycles. The lowest BCUT2D eigenvalue weighted by Gasteiger charge is -2.08. The van der Waals surface area contributed by atoms with Gasteiger partial charge < -0.3 is 4.74 Å². The number of aryl methyl sites for hydroxylation is 1. The normalized spacial score (nSPS) is 11.0. The average molecular weight is 444 g/mol. The number of aromatic nitrogens is 1. The summed E-state index contributed by atoms with van der Waals surface area (Å²) in [6, 6.07) is 21.6. The Kier molecular flexibility index (Phi) is 11.0. The predicted molar refractivity (Wildman–Crippen MR) is 142 cm³/mol. The first-order valence-electron chi connectivity index (χ1n) is 13.1. The van der Waals surface area contributed by atoms with Gasteiger partial charge in [-0.25, -0.2) is 0 Å². The van der Waals surface area contributed by atoms with Crippen molar-refractivity contribution in [3.63, 3.8) is 0 Å². The lowest BCUT2D eigenvalue weighted by Crippen LogP contribution is -1.97. The first-order chi connectivity index (χ1) is 16.3. The van der Waals surface area contributed by atoms with Crippen molar-refractivity contribution in [1.82, 2.24) is 4.98 Å². The summed E-state index contributed by atoms with van der Waals surface area (Å²) >= 11 is 0. The largest absolute Gasteiger partial charge is 0.494 e. The molecule has 0 atom stereocenters. The molecule has 0 unspecified atom stereocenters. The molecule has 0 N–H and O–H groups in total. The molecule has 3 aromatic rings. The van der Waals surface area contributed by atoms with E-state index in [1.54, 1.807) is 0 Å². The molecule has 2 aromatic carbocycles. The number of benzene rings is 2. The predicted octanol–water partition coefficient (Wildman–Crippen LogP) is 9.28. The van der Waals surface area contributed by atoms with Gasteiger partial charge in [0.2, 0.25) is 0 Å². The molecule has 33 heavy (non-hydrogen) atoms. The van der Waals surface area contributed by atoms with Crippen molar-refractivity contribution in [3.05, 3.63) is 72.4 Å². The fourth-order valence-electron chi connectivity index (χ4n) is 4.15. The number of unbranched alkanes of at least 4 members (excludes halogenated alkanes) is 8. The minimum Gasteiger partial charge on any atom is -0.494 e. The zero-order chi connectivity index (χ0) is 23.1. The van der Waals surface area contributed by atoms with Crippen LogP contribution in [0, 0.1) is 0 Å². The maximum Gasteiger partial charge on any atom is 0.119 e. The van der Waals surface area contributed by atoms with Crippen LogP contribution in [0.3, 0.4) is 0 Å². The molecule has 0 saturated heterocycles. The molecule has 0 aliphatic carbocycles. The minimum atomic E-state index is 0.803. The SMILES string of the molecule is CCCCCCCOc1ccc(-c2ccc(-c3ccc(CCCCCCC)cc3)nc2)cc1. The van der Waals surface area contributed by atoms with Crippen molar-refractivity contribution in [1.29, 1.82) is 0 Å². The first kappa shape index (κ1) is 25.0. The van der Waals surface area contributed by atoms with Gasteiger partial charge in [0, 0.05) is 17.3 Å². The highest BCUT2D eigenvalue weighted by atomic mass is 16.5. The Labute approximate surface area is 201 Å². The molecule has 176 valence electrons. The minimum absolute atomic E-state index is 0.803. The summed E-state index contributed by atoms with van der Waals surface area (Å²) in [5.74, 6) is 0.948. The summed E-state index contributed by atoms with van der Waals surface area (Å²) in [5, 5.41) is 0. The second kappa shape index (κ2) is 14.5. The highest BCUT2D eigenvalue weighted by molar-refractivity contribution is 5.67. The summed E-state index contributed by atoms with van der Waals surface area (Å²) < 4.78 is 5.89. The molecule has 0 radical (unpaired) electrons. The summed E-state index contributed by atoms with van der Waals surface area (Å²) in [6.07, 6.45) is 16.1. The molecular formula is C31H41NO. The summed E-state index contributed by atoms with van der Waals surface area (Å²) in [4.78, 5) is 4.73. The summed E-state index contributed by atoms with van der Waals surface area (Å²) in [5.41, 5.74) is 5.93. The van der Waals surface area contributed by atoms with Gasteiger partial charge >= 0.3 is 0 Å². The number of hydrogen-bond donors (Lipinski definition) is 0. The van der Waals surface area contributed by atoms with E-state index in [0.29, 0.717) is 0 Å². The molecule has 0 fully saturated rings. The topological polar surface area (TPSA) is 22.1 Å². The highest BCUT2D eigenvalue weighted by Crippen LogP contribution is 2.25. The Morgan fingerprint density at radius 2 is 1.18 bits per heavy atom. The van der Waals surface area contributed by atoms with Crippen molar-refractivity contribution < 1.29 is 4.74 Å². The molecular weight excluding hydrogens is 402 g/mol. The van der Waals surface area contributed by atoms with E-state index in [9.17, 15) is 0 Å². The third kappa shape index (κ3) is 8.68. The van der Waals surface area contributed by atoms with Crippen molar-refractivity contribution in [2.24, 2.45) is 0 Å². The van der Waals surface area contributed by atoms with Crippen LogP contribution >= 0.6 is 0 Å². The zero-order valence-electron chi connectivity index (χ0n) is 20.7. The van der Waals surface area contributed by atoms with E-state index >= 15 is 0 Å². The van der Waals surface area contributed by atoms with Gasteiger partial charge in [-0.15, -0.1) is 0 Å². The Morgan fingerprint density at radius 1 is 0.576 bits per heavy atom. The molecule has 0 bridgehead atoms. The lowest BCUT2D eigenvalue weighted by atomic mass is 10.0. The van der Waals surface area contributed by atoms with Gasteiger partial charge in [-0.1, -0.05) is 108 Å². The van der Waals surface area contributed by atoms with Crippen LogP contribution in [0.5, 0.6) is 5.75 Å². The van der Waals surface area contributed by atoms with Crippen LogP contribution in [0.2, 0.25) is 0 Å². The van der Waals surface area contributed by atoms with Gasteiger partial charge in [0.05, 0.1) is 12.3 Å². The first-order valence-corrected chi connectivity index (χ1v) is 13.1. The smallest absolute Gasteiger partial charge is 0.119 e. The average Bonchev–Trinajstić information content (AvgIpc) is 2.87. The van der Waals surface area contributed by atoms with Crippen molar-refractivity contribution in [3.8, 4) is 28.1 Å². The molecule has 0 amide bonds. The molecule has 1 heterocycles. The number of ether oxygens (including phenoxy) is 1. The molecule has 0 spiro atoms. The fourth-order valence-corrected chi connectivity index (χ4v) is 4.15. The van der Waals surface area contributed by atoms with E-state index in [2.05, 4.69) is 74.5 Å². The van der Waals surface area contributed by atoms with Crippen LogP contribution in [0.15, 0.2) is 66.9 Å². The zero-order valence-corrected chi connectivity index (χ0v) is 20.7. The van der Waals surface area contributed by atoms with Gasteiger partial charge in [-0.2, -0.15) is 0 Å². The summed E-state index contributed by atoms with van der Waals surface area (Å²) in [6.45, 7) is 5.31. The van der Waals surface area contributed by atoms with Gasteiger partial charge in [0.15, 0.2) is 0 Å². The Bertz CT molecular complexity index is 897. The van der Waals surface area contributed by atoms with E-state index < -0.39 is 0 Å². The van der Waals surface area contributed by atoms with Gasteiger partial charge in [0.25, 0.3) is 0 Å². The van der Waals surface area contributed by atoms with Crippen molar-refractivity contribution >= 4 is 0 Å². The molecule has 2 nitrogen and oxygen atoms in total. The third-order valence-corrected chi connectivity index (χ3v) is 6.29. The van der Waals surface area contributed by atoms with Crippen LogP contribution in [-0.2, 0) is 6.42 Å². The maximum atomic E-state index is 5.89. The highest BCUT2D eigenvalue weighted by Gasteiger charge is 2.04. The number of hydrogen-bond acceptors (Lipinski definition) is 2.